The van der Waals surface area contributed by atoms with Gasteiger partial charge in [0.25, 0.3) is 0 Å². The number of piperidine rings is 1. The lowest BCUT2D eigenvalue weighted by Crippen LogP contribution is -2.52. The van der Waals surface area contributed by atoms with Crippen molar-refractivity contribution in [2.45, 2.75) is 57.2 Å². The van der Waals surface area contributed by atoms with E-state index in [1.165, 1.54) is 38.8 Å². The number of nitrogens with zero attached hydrogens (tertiary/aromatic N) is 1. The molecule has 0 aromatic carbocycles. The number of rotatable bonds is 7. The molecule has 5 heteroatoms. The molecular weight excluding hydrogens is 254 g/mol. The summed E-state index contributed by atoms with van der Waals surface area (Å²) in [6.45, 7) is 5.78. The summed E-state index contributed by atoms with van der Waals surface area (Å²) in [4.78, 5) is 14.6. The Morgan fingerprint density at radius 2 is 2.20 bits per heavy atom. The molecule has 116 valence electrons. The lowest BCUT2D eigenvalue weighted by Gasteiger charge is -2.33. The van der Waals surface area contributed by atoms with Crippen molar-refractivity contribution in [2.75, 3.05) is 33.4 Å². The molecule has 0 aromatic rings. The van der Waals surface area contributed by atoms with Crippen LogP contribution in [0.15, 0.2) is 0 Å². The summed E-state index contributed by atoms with van der Waals surface area (Å²) in [6, 6.07) is 1.02. The highest BCUT2D eigenvalue weighted by atomic mass is 16.5. The highest BCUT2D eigenvalue weighted by Crippen LogP contribution is 2.27. The molecule has 2 heterocycles. The zero-order valence-electron chi connectivity index (χ0n) is 12.9. The summed E-state index contributed by atoms with van der Waals surface area (Å²) in [5, 5.41) is 6.50. The molecule has 0 radical (unpaired) electrons. The molecule has 2 saturated heterocycles. The molecule has 2 fully saturated rings. The molecule has 5 nitrogen and oxygen atoms in total. The molecule has 0 spiro atoms. The van der Waals surface area contributed by atoms with Crippen molar-refractivity contribution in [2.24, 2.45) is 0 Å². The summed E-state index contributed by atoms with van der Waals surface area (Å²) in [7, 11) is 1.68. The Morgan fingerprint density at radius 1 is 1.35 bits per heavy atom. The monoisotopic (exact) mass is 283 g/mol. The van der Waals surface area contributed by atoms with Crippen LogP contribution in [0.4, 0.5) is 0 Å². The molecule has 1 amide bonds. The van der Waals surface area contributed by atoms with Crippen LogP contribution in [0.1, 0.15) is 39.0 Å². The minimum Gasteiger partial charge on any atom is -0.385 e. The first-order valence-corrected chi connectivity index (χ1v) is 7.99. The molecular formula is C15H29N3O2. The maximum atomic E-state index is 12.0. The number of hydrogen-bond acceptors (Lipinski definition) is 4. The predicted molar refractivity (Wildman–Crippen MR) is 79.7 cm³/mol. The Bertz CT molecular complexity index is 311. The number of methoxy groups -OCH3 is 1. The van der Waals surface area contributed by atoms with Gasteiger partial charge < -0.3 is 15.4 Å². The Hall–Kier alpha value is -0.650. The minimum absolute atomic E-state index is 0.107. The lowest BCUT2D eigenvalue weighted by atomic mass is 9.98. The molecule has 2 rings (SSSR count). The molecule has 2 aliphatic heterocycles. The van der Waals surface area contributed by atoms with Crippen LogP contribution in [0.3, 0.4) is 0 Å². The summed E-state index contributed by atoms with van der Waals surface area (Å²) in [5.74, 6) is 0.107. The van der Waals surface area contributed by atoms with E-state index in [0.717, 1.165) is 6.42 Å². The maximum Gasteiger partial charge on any atom is 0.236 e. The van der Waals surface area contributed by atoms with E-state index in [2.05, 4.69) is 15.5 Å². The van der Waals surface area contributed by atoms with Gasteiger partial charge in [-0.05, 0) is 39.2 Å². The molecule has 0 aliphatic carbocycles. The van der Waals surface area contributed by atoms with Crippen LogP contribution >= 0.6 is 0 Å². The van der Waals surface area contributed by atoms with Gasteiger partial charge in [0.1, 0.15) is 0 Å². The molecule has 3 unspecified atom stereocenters. The van der Waals surface area contributed by atoms with Crippen molar-refractivity contribution in [1.29, 1.82) is 0 Å². The molecule has 2 N–H and O–H groups in total. The van der Waals surface area contributed by atoms with E-state index in [9.17, 15) is 4.79 Å². The van der Waals surface area contributed by atoms with E-state index >= 15 is 0 Å². The highest BCUT2D eigenvalue weighted by Gasteiger charge is 2.36. The van der Waals surface area contributed by atoms with Crippen molar-refractivity contribution < 1.29 is 9.53 Å². The van der Waals surface area contributed by atoms with Crippen LogP contribution in [-0.4, -0.2) is 62.3 Å². The summed E-state index contributed by atoms with van der Waals surface area (Å²) < 4.78 is 4.98. The number of carbonyl (C=O) groups excluding carboxylic acids is 1. The lowest BCUT2D eigenvalue weighted by molar-refractivity contribution is -0.123. The SMILES string of the molecule is COCCCNC(=O)C(C)NC1CCN2CCCCC12. The predicted octanol–water partition coefficient (Wildman–Crippen LogP) is 0.744. The van der Waals surface area contributed by atoms with Gasteiger partial charge in [0.15, 0.2) is 0 Å². The van der Waals surface area contributed by atoms with Crippen LogP contribution in [0.2, 0.25) is 0 Å². The Morgan fingerprint density at radius 3 is 3.00 bits per heavy atom. The van der Waals surface area contributed by atoms with E-state index in [-0.39, 0.29) is 11.9 Å². The molecule has 2 aliphatic rings. The maximum absolute atomic E-state index is 12.0. The van der Waals surface area contributed by atoms with Gasteiger partial charge in [0, 0.05) is 38.9 Å². The van der Waals surface area contributed by atoms with Crippen molar-refractivity contribution in [1.82, 2.24) is 15.5 Å². The fourth-order valence-corrected chi connectivity index (χ4v) is 3.42. The second kappa shape index (κ2) is 7.96. The number of nitrogens with one attached hydrogen (secondary N) is 2. The zero-order valence-corrected chi connectivity index (χ0v) is 12.9. The fraction of sp³-hybridized carbons (Fsp3) is 0.933. The van der Waals surface area contributed by atoms with Crippen LogP contribution in [-0.2, 0) is 9.53 Å². The van der Waals surface area contributed by atoms with Crippen molar-refractivity contribution in [3.8, 4) is 0 Å². The van der Waals surface area contributed by atoms with Crippen molar-refractivity contribution >= 4 is 5.91 Å². The number of fused-ring (bicyclic) bond motifs is 1. The first-order chi connectivity index (χ1) is 9.72. The van der Waals surface area contributed by atoms with Crippen LogP contribution in [0, 0.1) is 0 Å². The second-order valence-electron chi connectivity index (χ2n) is 6.02. The first-order valence-electron chi connectivity index (χ1n) is 7.99. The summed E-state index contributed by atoms with van der Waals surface area (Å²) in [5.41, 5.74) is 0. The van der Waals surface area contributed by atoms with E-state index in [1.54, 1.807) is 7.11 Å². The van der Waals surface area contributed by atoms with Crippen LogP contribution in [0.5, 0.6) is 0 Å². The topological polar surface area (TPSA) is 53.6 Å². The van der Waals surface area contributed by atoms with Gasteiger partial charge in [-0.3, -0.25) is 9.69 Å². The van der Waals surface area contributed by atoms with Gasteiger partial charge in [0.2, 0.25) is 5.91 Å². The van der Waals surface area contributed by atoms with Gasteiger partial charge in [-0.2, -0.15) is 0 Å². The average Bonchev–Trinajstić information content (AvgIpc) is 2.87. The van der Waals surface area contributed by atoms with E-state index in [1.807, 2.05) is 6.92 Å². The minimum atomic E-state index is -0.107. The average molecular weight is 283 g/mol. The van der Waals surface area contributed by atoms with Gasteiger partial charge >= 0.3 is 0 Å². The summed E-state index contributed by atoms with van der Waals surface area (Å²) >= 11 is 0. The third-order valence-corrected chi connectivity index (χ3v) is 4.54. The molecule has 20 heavy (non-hydrogen) atoms. The quantitative estimate of drug-likeness (QED) is 0.677. The van der Waals surface area contributed by atoms with Crippen molar-refractivity contribution in [3.63, 3.8) is 0 Å². The van der Waals surface area contributed by atoms with E-state index < -0.39 is 0 Å². The fourth-order valence-electron chi connectivity index (χ4n) is 3.42. The van der Waals surface area contributed by atoms with E-state index in [4.69, 9.17) is 4.74 Å². The Balaban J connectivity index is 1.70. The van der Waals surface area contributed by atoms with Crippen molar-refractivity contribution in [3.05, 3.63) is 0 Å². The smallest absolute Gasteiger partial charge is 0.236 e. The van der Waals surface area contributed by atoms with Crippen LogP contribution in [0.25, 0.3) is 0 Å². The van der Waals surface area contributed by atoms with Gasteiger partial charge in [-0.25, -0.2) is 0 Å². The number of carbonyl (C=O) groups is 1. The zero-order chi connectivity index (χ0) is 14.4. The third-order valence-electron chi connectivity index (χ3n) is 4.54. The highest BCUT2D eigenvalue weighted by molar-refractivity contribution is 5.81. The summed E-state index contributed by atoms with van der Waals surface area (Å²) in [6.07, 6.45) is 5.98. The van der Waals surface area contributed by atoms with Gasteiger partial charge in [0.05, 0.1) is 6.04 Å². The normalized spacial score (nSPS) is 28.1. The van der Waals surface area contributed by atoms with Gasteiger partial charge in [-0.15, -0.1) is 0 Å². The second-order valence-corrected chi connectivity index (χ2v) is 6.02. The number of amides is 1. The van der Waals surface area contributed by atoms with Gasteiger partial charge in [-0.1, -0.05) is 6.42 Å². The molecule has 0 aromatic heterocycles. The van der Waals surface area contributed by atoms with E-state index in [0.29, 0.717) is 25.2 Å². The standard InChI is InChI=1S/C15H29N3O2/c1-12(15(19)16-8-5-11-20-2)17-13-7-10-18-9-4-3-6-14(13)18/h12-14,17H,3-11H2,1-2H3,(H,16,19). The Kier molecular flexibility index (Phi) is 6.26. The number of hydrogen-bond donors (Lipinski definition) is 2. The number of ether oxygens (including phenoxy) is 1. The third kappa shape index (κ3) is 4.17. The molecule has 0 bridgehead atoms. The van der Waals surface area contributed by atoms with Crippen LogP contribution < -0.4 is 10.6 Å². The molecule has 0 saturated carbocycles. The first kappa shape index (κ1) is 15.7. The largest absolute Gasteiger partial charge is 0.385 e. The Labute approximate surface area is 122 Å². The molecule has 3 atom stereocenters.